The van der Waals surface area contributed by atoms with Crippen molar-refractivity contribution in [2.24, 2.45) is 0 Å². The normalized spacial score (nSPS) is 13.1. The Morgan fingerprint density at radius 1 is 0.789 bits per heavy atom. The van der Waals surface area contributed by atoms with E-state index in [1.165, 1.54) is 0 Å². The Balaban J connectivity index is -0.000000178. The van der Waals surface area contributed by atoms with Gasteiger partial charge in [0.15, 0.2) is 0 Å². The average molecular weight is 296 g/mol. The number of hydrogen-bond acceptors (Lipinski definition) is 2. The first kappa shape index (κ1) is 23.7. The fourth-order valence-corrected chi connectivity index (χ4v) is 0.680. The van der Waals surface area contributed by atoms with Gasteiger partial charge in [0.1, 0.15) is 0 Å². The van der Waals surface area contributed by atoms with E-state index in [1.54, 1.807) is 27.7 Å². The van der Waals surface area contributed by atoms with E-state index in [4.69, 9.17) is 0 Å². The van der Waals surface area contributed by atoms with E-state index in [-0.39, 0.29) is 21.7 Å². The van der Waals surface area contributed by atoms with Crippen LogP contribution in [-0.2, 0) is 21.7 Å². The van der Waals surface area contributed by atoms with Crippen molar-refractivity contribution < 1.29 is 31.9 Å². The minimum absolute atomic E-state index is 0. The number of rotatable bonds is 0. The third-order valence-electron chi connectivity index (χ3n) is 1.17. The van der Waals surface area contributed by atoms with E-state index in [9.17, 15) is 10.2 Å². The van der Waals surface area contributed by atoms with Crippen molar-refractivity contribution in [3.8, 4) is 0 Å². The van der Waals surface area contributed by atoms with Crippen molar-refractivity contribution in [3.05, 3.63) is 48.6 Å². The quantitative estimate of drug-likeness (QED) is 0.508. The van der Waals surface area contributed by atoms with Crippen LogP contribution in [0.2, 0.25) is 0 Å². The molecule has 0 radical (unpaired) electrons. The maximum absolute atomic E-state index is 9.53. The summed E-state index contributed by atoms with van der Waals surface area (Å²) in [5.41, 5.74) is 0. The van der Waals surface area contributed by atoms with Crippen molar-refractivity contribution in [2.45, 2.75) is 52.7 Å². The largest absolute Gasteiger partial charge is 4.00 e. The Morgan fingerprint density at radius 3 is 1.11 bits per heavy atom. The van der Waals surface area contributed by atoms with Gasteiger partial charge in [0.2, 0.25) is 0 Å². The van der Waals surface area contributed by atoms with Crippen molar-refractivity contribution in [1.82, 2.24) is 0 Å². The van der Waals surface area contributed by atoms with Crippen LogP contribution in [-0.4, -0.2) is 12.2 Å². The SMILES string of the molecule is CC(C)[O-].CC(C)[O-].[C-]1=CC=CC1.[C-]1=CC=CC1.[Ti+4]. The molecular formula is C16H24O2Ti. The third-order valence-corrected chi connectivity index (χ3v) is 1.17. The van der Waals surface area contributed by atoms with Crippen LogP contribution < -0.4 is 10.2 Å². The van der Waals surface area contributed by atoms with Crippen LogP contribution >= 0.6 is 0 Å². The molecule has 0 atom stereocenters. The van der Waals surface area contributed by atoms with Crippen LogP contribution in [0, 0.1) is 12.2 Å². The molecule has 0 unspecified atom stereocenters. The van der Waals surface area contributed by atoms with Crippen molar-refractivity contribution in [2.75, 3.05) is 0 Å². The molecule has 0 spiro atoms. The second-order valence-corrected chi connectivity index (χ2v) is 4.10. The fraction of sp³-hybridized carbons (Fsp3) is 0.500. The maximum atomic E-state index is 9.53. The molecule has 104 valence electrons. The zero-order valence-corrected chi connectivity index (χ0v) is 13.9. The van der Waals surface area contributed by atoms with Crippen LogP contribution in [0.1, 0.15) is 40.5 Å². The summed E-state index contributed by atoms with van der Waals surface area (Å²) in [6.07, 6.45) is 19.2. The Kier molecular flexibility index (Phi) is 24.8. The van der Waals surface area contributed by atoms with Gasteiger partial charge in [-0.25, -0.2) is 24.3 Å². The second-order valence-electron chi connectivity index (χ2n) is 4.10. The predicted molar refractivity (Wildman–Crippen MR) is 73.4 cm³/mol. The smallest absolute Gasteiger partial charge is 0.852 e. The molecule has 0 N–H and O–H groups in total. The zero-order valence-electron chi connectivity index (χ0n) is 12.3. The van der Waals surface area contributed by atoms with Crippen molar-refractivity contribution >= 4 is 0 Å². The van der Waals surface area contributed by atoms with E-state index < -0.39 is 12.2 Å². The molecule has 2 nitrogen and oxygen atoms in total. The van der Waals surface area contributed by atoms with Crippen LogP contribution in [0.3, 0.4) is 0 Å². The average Bonchev–Trinajstić information content (AvgIpc) is 2.96. The van der Waals surface area contributed by atoms with Gasteiger partial charge >= 0.3 is 21.7 Å². The molecule has 2 rings (SSSR count). The van der Waals surface area contributed by atoms with Crippen LogP contribution in [0.15, 0.2) is 36.5 Å². The Morgan fingerprint density at radius 2 is 1.05 bits per heavy atom. The molecule has 3 heteroatoms. The topological polar surface area (TPSA) is 46.1 Å². The first-order valence-electron chi connectivity index (χ1n) is 6.22. The Labute approximate surface area is 133 Å². The summed E-state index contributed by atoms with van der Waals surface area (Å²) in [6.45, 7) is 6.44. The molecule has 0 aromatic heterocycles. The van der Waals surface area contributed by atoms with Gasteiger partial charge in [0, 0.05) is 0 Å². The van der Waals surface area contributed by atoms with E-state index in [1.807, 2.05) is 24.3 Å². The molecule has 0 fully saturated rings. The van der Waals surface area contributed by atoms with Gasteiger partial charge in [0.25, 0.3) is 0 Å². The van der Waals surface area contributed by atoms with Crippen LogP contribution in [0.5, 0.6) is 0 Å². The third kappa shape index (κ3) is 46.5. The van der Waals surface area contributed by atoms with E-state index >= 15 is 0 Å². The molecule has 0 bridgehead atoms. The van der Waals surface area contributed by atoms with Gasteiger partial charge < -0.3 is 10.2 Å². The van der Waals surface area contributed by atoms with Crippen molar-refractivity contribution in [1.29, 1.82) is 0 Å². The number of hydrogen-bond donors (Lipinski definition) is 0. The molecule has 0 aromatic carbocycles. The minimum Gasteiger partial charge on any atom is -0.852 e. The Hall–Kier alpha value is -0.406. The first-order valence-corrected chi connectivity index (χ1v) is 6.22. The maximum Gasteiger partial charge on any atom is 4.00 e. The molecule has 2 aliphatic carbocycles. The van der Waals surface area contributed by atoms with E-state index in [0.717, 1.165) is 12.8 Å². The van der Waals surface area contributed by atoms with Gasteiger partial charge in [-0.2, -0.15) is 12.2 Å². The zero-order chi connectivity index (χ0) is 14.2. The molecule has 0 saturated carbocycles. The summed E-state index contributed by atoms with van der Waals surface area (Å²) in [4.78, 5) is 0. The Bertz CT molecular complexity index is 210. The van der Waals surface area contributed by atoms with E-state index in [0.29, 0.717) is 0 Å². The van der Waals surface area contributed by atoms with Gasteiger partial charge in [-0.05, 0) is 0 Å². The van der Waals surface area contributed by atoms with E-state index in [2.05, 4.69) is 24.3 Å². The van der Waals surface area contributed by atoms with Gasteiger partial charge in [-0.1, -0.05) is 27.7 Å². The van der Waals surface area contributed by atoms with Crippen LogP contribution in [0.25, 0.3) is 0 Å². The van der Waals surface area contributed by atoms with Gasteiger partial charge in [0.05, 0.1) is 0 Å². The molecule has 19 heavy (non-hydrogen) atoms. The summed E-state index contributed by atoms with van der Waals surface area (Å²) in [6, 6.07) is 0. The molecule has 0 heterocycles. The summed E-state index contributed by atoms with van der Waals surface area (Å²) < 4.78 is 0. The monoisotopic (exact) mass is 296 g/mol. The first-order chi connectivity index (χ1) is 8.46. The molecule has 0 aromatic rings. The summed E-state index contributed by atoms with van der Waals surface area (Å²) in [7, 11) is 0. The summed E-state index contributed by atoms with van der Waals surface area (Å²) in [5.74, 6) is 0. The molecule has 0 aliphatic heterocycles. The number of allylic oxidation sites excluding steroid dienone is 8. The minimum atomic E-state index is -0.417. The van der Waals surface area contributed by atoms with Crippen molar-refractivity contribution in [3.63, 3.8) is 0 Å². The molecule has 2 aliphatic rings. The molecular weight excluding hydrogens is 272 g/mol. The second kappa shape index (κ2) is 19.9. The van der Waals surface area contributed by atoms with Gasteiger partial charge in [-0.15, -0.1) is 25.0 Å². The summed E-state index contributed by atoms with van der Waals surface area (Å²) >= 11 is 0. The summed E-state index contributed by atoms with van der Waals surface area (Å²) in [5, 5.41) is 19.1. The standard InChI is InChI=1S/2C5H5.2C3H7O.Ti/c2*1-2-4-5-3-1;2*1-3(2)4;/h2*1-3H,4H2;2*3H,1-2H3;/q4*-1;+4. The fourth-order valence-electron chi connectivity index (χ4n) is 0.680. The van der Waals surface area contributed by atoms with Gasteiger partial charge in [-0.3, -0.25) is 12.2 Å². The molecule has 0 amide bonds. The van der Waals surface area contributed by atoms with Crippen LogP contribution in [0.4, 0.5) is 0 Å². The predicted octanol–water partition coefficient (Wildman–Crippen LogP) is 2.12. The molecule has 0 saturated heterocycles.